The van der Waals surface area contributed by atoms with Gasteiger partial charge in [0.25, 0.3) is 0 Å². The van der Waals surface area contributed by atoms with Crippen LogP contribution in [0.5, 0.6) is 0 Å². The van der Waals surface area contributed by atoms with Gasteiger partial charge in [-0.05, 0) is 6.07 Å². The highest BCUT2D eigenvalue weighted by Gasteiger charge is 2.20. The maximum Gasteiger partial charge on any atom is 0.311 e. The third-order valence-electron chi connectivity index (χ3n) is 2.18. The number of aromatic nitrogens is 1. The molecule has 0 aromatic carbocycles. The zero-order valence-corrected chi connectivity index (χ0v) is 11.4. The molecule has 0 aliphatic carbocycles. The summed E-state index contributed by atoms with van der Waals surface area (Å²) in [5.41, 5.74) is -0.213. The molecule has 0 aliphatic rings. The van der Waals surface area contributed by atoms with Gasteiger partial charge in [0, 0.05) is 25.9 Å². The van der Waals surface area contributed by atoms with Crippen molar-refractivity contribution in [1.82, 2.24) is 4.98 Å². The Balaban J connectivity index is 3.00. The van der Waals surface area contributed by atoms with Gasteiger partial charge in [0.2, 0.25) is 5.82 Å². The fourth-order valence-corrected chi connectivity index (χ4v) is 2.00. The van der Waals surface area contributed by atoms with Crippen LogP contribution < -0.4 is 4.90 Å². The van der Waals surface area contributed by atoms with Crippen molar-refractivity contribution in [3.05, 3.63) is 27.4 Å². The molecule has 0 fully saturated rings. The molecule has 0 N–H and O–H groups in total. The molecule has 0 spiro atoms. The lowest BCUT2D eigenvalue weighted by Gasteiger charge is -2.17. The summed E-state index contributed by atoms with van der Waals surface area (Å²) in [7, 11) is -1.62. The molecule has 1 heterocycles. The predicted molar refractivity (Wildman–Crippen MR) is 68.9 cm³/mol. The number of sulfone groups is 1. The second-order valence-corrected chi connectivity index (χ2v) is 6.43. The third kappa shape index (κ3) is 4.11. The number of nitro groups is 1. The normalized spacial score (nSPS) is 11.3. The van der Waals surface area contributed by atoms with Gasteiger partial charge in [0.05, 0.1) is 10.7 Å². The summed E-state index contributed by atoms with van der Waals surface area (Å²) in [5, 5.41) is 10.9. The lowest BCUT2D eigenvalue weighted by molar-refractivity contribution is -0.384. The second kappa shape index (κ2) is 5.49. The fourth-order valence-electron chi connectivity index (χ4n) is 1.25. The molecule has 1 rings (SSSR count). The number of pyridine rings is 1. The van der Waals surface area contributed by atoms with Crippen LogP contribution in [0.1, 0.15) is 0 Å². The Labute approximate surface area is 109 Å². The average Bonchev–Trinajstić information content (AvgIpc) is 2.24. The van der Waals surface area contributed by atoms with E-state index in [4.69, 9.17) is 11.6 Å². The van der Waals surface area contributed by atoms with Crippen molar-refractivity contribution in [2.75, 3.05) is 30.5 Å². The lowest BCUT2D eigenvalue weighted by Crippen LogP contribution is -2.26. The molecular formula is C9H12ClN3O4S. The van der Waals surface area contributed by atoms with Gasteiger partial charge in [0.15, 0.2) is 0 Å². The summed E-state index contributed by atoms with van der Waals surface area (Å²) < 4.78 is 22.1. The molecule has 1 aromatic rings. The smallest absolute Gasteiger partial charge is 0.311 e. The molecule has 18 heavy (non-hydrogen) atoms. The molecule has 100 valence electrons. The average molecular weight is 294 g/mol. The highest BCUT2D eigenvalue weighted by molar-refractivity contribution is 7.90. The molecule has 0 atom stereocenters. The van der Waals surface area contributed by atoms with Crippen LogP contribution in [-0.4, -0.2) is 43.9 Å². The minimum atomic E-state index is -3.14. The van der Waals surface area contributed by atoms with Crippen LogP contribution in [0.25, 0.3) is 0 Å². The largest absolute Gasteiger partial charge is 0.353 e. The van der Waals surface area contributed by atoms with Crippen molar-refractivity contribution in [2.45, 2.75) is 0 Å². The first-order chi connectivity index (χ1) is 8.20. The second-order valence-electron chi connectivity index (χ2n) is 3.79. The third-order valence-corrected chi connectivity index (χ3v) is 3.31. The first kappa shape index (κ1) is 14.7. The molecule has 0 bridgehead atoms. The molecule has 1 aromatic heterocycles. The Morgan fingerprint density at radius 1 is 1.50 bits per heavy atom. The quantitative estimate of drug-likeness (QED) is 0.459. The highest BCUT2D eigenvalue weighted by Crippen LogP contribution is 2.26. The van der Waals surface area contributed by atoms with E-state index in [1.165, 1.54) is 24.1 Å². The summed E-state index contributed by atoms with van der Waals surface area (Å²) in [6.07, 6.45) is 1.10. The number of rotatable bonds is 5. The summed E-state index contributed by atoms with van der Waals surface area (Å²) in [6.45, 7) is 0.104. The molecule has 0 aliphatic heterocycles. The van der Waals surface area contributed by atoms with Crippen LogP contribution in [0, 0.1) is 10.1 Å². The number of halogens is 1. The Bertz CT molecular complexity index is 561. The van der Waals surface area contributed by atoms with Crippen molar-refractivity contribution >= 4 is 32.9 Å². The van der Waals surface area contributed by atoms with Crippen molar-refractivity contribution in [2.24, 2.45) is 0 Å². The van der Waals surface area contributed by atoms with E-state index < -0.39 is 14.8 Å². The van der Waals surface area contributed by atoms with Crippen LogP contribution in [0.4, 0.5) is 11.5 Å². The van der Waals surface area contributed by atoms with Gasteiger partial charge in [-0.15, -0.1) is 0 Å². The van der Waals surface area contributed by atoms with Gasteiger partial charge in [-0.1, -0.05) is 11.6 Å². The van der Waals surface area contributed by atoms with Gasteiger partial charge in [-0.25, -0.2) is 13.4 Å². The minimum absolute atomic E-state index is 0.0520. The summed E-state index contributed by atoms with van der Waals surface area (Å²) in [4.78, 5) is 15.5. The molecule has 0 radical (unpaired) electrons. The van der Waals surface area contributed by atoms with E-state index in [2.05, 4.69) is 4.98 Å². The van der Waals surface area contributed by atoms with Crippen molar-refractivity contribution < 1.29 is 13.3 Å². The van der Waals surface area contributed by atoms with Crippen LogP contribution in [-0.2, 0) is 9.84 Å². The maximum atomic E-state index is 11.0. The Kier molecular flexibility index (Phi) is 4.47. The molecule has 0 amide bonds. The first-order valence-electron chi connectivity index (χ1n) is 4.90. The summed E-state index contributed by atoms with van der Waals surface area (Å²) in [5.74, 6) is -0.0642. The monoisotopic (exact) mass is 293 g/mol. The van der Waals surface area contributed by atoms with E-state index in [9.17, 15) is 18.5 Å². The summed E-state index contributed by atoms with van der Waals surface area (Å²) >= 11 is 5.68. The minimum Gasteiger partial charge on any atom is -0.353 e. The molecule has 0 saturated carbocycles. The maximum absolute atomic E-state index is 11.0. The Hall–Kier alpha value is -1.41. The fraction of sp³-hybridized carbons (Fsp3) is 0.444. The number of hydrogen-bond acceptors (Lipinski definition) is 6. The van der Waals surface area contributed by atoms with Gasteiger partial charge in [-0.2, -0.15) is 0 Å². The predicted octanol–water partition coefficient (Wildman–Crippen LogP) is 1.12. The van der Waals surface area contributed by atoms with Crippen molar-refractivity contribution in [3.63, 3.8) is 0 Å². The Morgan fingerprint density at radius 3 is 2.61 bits per heavy atom. The van der Waals surface area contributed by atoms with E-state index in [0.717, 1.165) is 6.26 Å². The number of hydrogen-bond donors (Lipinski definition) is 0. The molecular weight excluding hydrogens is 282 g/mol. The van der Waals surface area contributed by atoms with Crippen molar-refractivity contribution in [1.29, 1.82) is 0 Å². The van der Waals surface area contributed by atoms with E-state index in [1.807, 2.05) is 0 Å². The zero-order valence-electron chi connectivity index (χ0n) is 9.83. The highest BCUT2D eigenvalue weighted by atomic mass is 35.5. The van der Waals surface area contributed by atoms with Gasteiger partial charge in [-0.3, -0.25) is 10.1 Å². The van der Waals surface area contributed by atoms with Crippen LogP contribution in [0.2, 0.25) is 5.15 Å². The lowest BCUT2D eigenvalue weighted by atomic mass is 10.3. The summed E-state index contributed by atoms with van der Waals surface area (Å²) in [6, 6.07) is 2.55. The van der Waals surface area contributed by atoms with Crippen LogP contribution >= 0.6 is 11.6 Å². The number of nitrogens with zero attached hydrogens (tertiary/aromatic N) is 3. The number of anilines is 1. The molecule has 0 unspecified atom stereocenters. The van der Waals surface area contributed by atoms with E-state index in [-0.39, 0.29) is 29.0 Å². The van der Waals surface area contributed by atoms with Gasteiger partial charge < -0.3 is 4.90 Å². The van der Waals surface area contributed by atoms with Gasteiger partial charge >= 0.3 is 5.69 Å². The first-order valence-corrected chi connectivity index (χ1v) is 7.34. The van der Waals surface area contributed by atoms with Crippen molar-refractivity contribution in [3.8, 4) is 0 Å². The van der Waals surface area contributed by atoms with Crippen LogP contribution in [0.15, 0.2) is 12.1 Å². The topological polar surface area (TPSA) is 93.4 Å². The standard InChI is InChI=1S/C9H12ClN3O4S/c1-12(5-6-18(2,16)17)9-7(13(14)15)3-4-8(10)11-9/h3-4H,5-6H2,1-2H3. The van der Waals surface area contributed by atoms with Crippen LogP contribution in [0.3, 0.4) is 0 Å². The molecule has 7 nitrogen and oxygen atoms in total. The van der Waals surface area contributed by atoms with Gasteiger partial charge in [0.1, 0.15) is 15.0 Å². The van der Waals surface area contributed by atoms with E-state index in [1.54, 1.807) is 0 Å². The van der Waals surface area contributed by atoms with E-state index >= 15 is 0 Å². The SMILES string of the molecule is CN(CCS(C)(=O)=O)c1nc(Cl)ccc1[N+](=O)[O-]. The molecule has 9 heteroatoms. The Morgan fingerprint density at radius 2 is 2.11 bits per heavy atom. The molecule has 0 saturated heterocycles. The van der Waals surface area contributed by atoms with E-state index in [0.29, 0.717) is 0 Å². The zero-order chi connectivity index (χ0) is 13.9.